The molecule has 4 amide bonds. The average molecular weight is 509 g/mol. The summed E-state index contributed by atoms with van der Waals surface area (Å²) in [5, 5.41) is 5.51. The van der Waals surface area contributed by atoms with Crippen LogP contribution in [-0.2, 0) is 19.1 Å². The van der Waals surface area contributed by atoms with Crippen LogP contribution in [0.3, 0.4) is 0 Å². The number of carbonyl (C=O) groups is 4. The second-order valence-electron chi connectivity index (χ2n) is 8.38. The van der Waals surface area contributed by atoms with Crippen LogP contribution < -0.4 is 5.73 Å². The Balaban J connectivity index is 1.64. The maximum Gasteiger partial charge on any atom is 0.354 e. The van der Waals surface area contributed by atoms with Crippen molar-refractivity contribution in [2.45, 2.75) is 38.8 Å². The van der Waals surface area contributed by atoms with Crippen LogP contribution in [0.2, 0.25) is 10.0 Å². The second-order valence-corrected chi connectivity index (χ2v) is 9.20. The number of hydrogen-bond acceptors (Lipinski definition) is 8. The molecule has 1 atom stereocenters. The van der Waals surface area contributed by atoms with Crippen LogP contribution in [-0.4, -0.2) is 58.1 Å². The van der Waals surface area contributed by atoms with E-state index < -0.39 is 48.4 Å². The van der Waals surface area contributed by atoms with E-state index in [-0.39, 0.29) is 5.76 Å². The summed E-state index contributed by atoms with van der Waals surface area (Å²) in [5.74, 6) is -1.76. The van der Waals surface area contributed by atoms with Gasteiger partial charge in [0.15, 0.2) is 0 Å². The van der Waals surface area contributed by atoms with E-state index in [0.29, 0.717) is 26.3 Å². The summed E-state index contributed by atoms with van der Waals surface area (Å²) in [6.45, 7) is 4.49. The summed E-state index contributed by atoms with van der Waals surface area (Å²) >= 11 is 11.9. The number of carbonyl (C=O) groups excluding carboxylic acids is 4. The zero-order chi connectivity index (χ0) is 25.2. The van der Waals surface area contributed by atoms with Gasteiger partial charge in [-0.25, -0.2) is 9.80 Å². The normalized spacial score (nSPS) is 15.4. The summed E-state index contributed by atoms with van der Waals surface area (Å²) in [4.78, 5) is 49.6. The average Bonchev–Trinajstić information content (AvgIpc) is 3.31. The van der Waals surface area contributed by atoms with E-state index in [4.69, 9.17) is 38.1 Å². The molecule has 0 radical (unpaired) electrons. The number of hydrogen-bond donors (Lipinski definition) is 1. The first-order valence-electron chi connectivity index (χ1n) is 10.1. The van der Waals surface area contributed by atoms with Crippen LogP contribution in [0.4, 0.5) is 4.79 Å². The Hall–Kier alpha value is -3.21. The molecule has 12 heteroatoms. The van der Waals surface area contributed by atoms with Crippen LogP contribution >= 0.6 is 23.2 Å². The number of ether oxygens (including phenoxy) is 1. The van der Waals surface area contributed by atoms with Crippen molar-refractivity contribution in [3.8, 4) is 11.3 Å². The van der Waals surface area contributed by atoms with Gasteiger partial charge in [-0.3, -0.25) is 14.4 Å². The summed E-state index contributed by atoms with van der Waals surface area (Å²) in [6, 6.07) is 5.98. The first-order valence-corrected chi connectivity index (χ1v) is 10.9. The van der Waals surface area contributed by atoms with Gasteiger partial charge in [0.05, 0.1) is 22.7 Å². The zero-order valence-corrected chi connectivity index (χ0v) is 20.1. The van der Waals surface area contributed by atoms with Gasteiger partial charge in [-0.2, -0.15) is 10.0 Å². The largest absolute Gasteiger partial charge is 0.459 e. The number of nitrogens with two attached hydrogens (primary N) is 1. The number of halogens is 2. The van der Waals surface area contributed by atoms with E-state index in [9.17, 15) is 19.2 Å². The Kier molecular flexibility index (Phi) is 7.44. The van der Waals surface area contributed by atoms with Crippen molar-refractivity contribution in [2.75, 3.05) is 6.54 Å². The third-order valence-corrected chi connectivity index (χ3v) is 5.19. The van der Waals surface area contributed by atoms with Crippen molar-refractivity contribution in [3.63, 3.8) is 0 Å². The molecule has 1 aliphatic heterocycles. The highest BCUT2D eigenvalue weighted by Crippen LogP contribution is 2.29. The summed E-state index contributed by atoms with van der Waals surface area (Å²) in [7, 11) is 0. The standard InChI is InChI=1S/C22H22Cl2N4O6/c1-22(2,3)34-20(31)16(25)9-18(29)28-19(30)11-27(21(28)32)26-10-13-5-7-17(33-13)12-4-6-14(23)15(24)8-12/h4-8,10,16H,9,11,25H2,1-3H3. The lowest BCUT2D eigenvalue weighted by Gasteiger charge is -2.22. The summed E-state index contributed by atoms with van der Waals surface area (Å²) in [5.41, 5.74) is 5.59. The fraction of sp³-hybridized carbons (Fsp3) is 0.318. The Bertz CT molecular complexity index is 1170. The number of esters is 1. The quantitative estimate of drug-likeness (QED) is 0.358. The predicted octanol–water partition coefficient (Wildman–Crippen LogP) is 3.44. The topological polar surface area (TPSA) is 136 Å². The van der Waals surface area contributed by atoms with Gasteiger partial charge in [-0.05, 0) is 51.1 Å². The van der Waals surface area contributed by atoms with Crippen molar-refractivity contribution < 1.29 is 28.3 Å². The van der Waals surface area contributed by atoms with E-state index in [0.717, 1.165) is 5.01 Å². The smallest absolute Gasteiger partial charge is 0.354 e. The van der Waals surface area contributed by atoms with Gasteiger partial charge < -0.3 is 14.9 Å². The molecule has 0 spiro atoms. The highest BCUT2D eigenvalue weighted by Gasteiger charge is 2.41. The molecule has 3 rings (SSSR count). The third-order valence-electron chi connectivity index (χ3n) is 4.46. The Morgan fingerprint density at radius 2 is 1.91 bits per heavy atom. The molecule has 1 unspecified atom stereocenters. The molecule has 10 nitrogen and oxygen atoms in total. The summed E-state index contributed by atoms with van der Waals surface area (Å²) < 4.78 is 10.8. The molecular formula is C22H22Cl2N4O6. The number of urea groups is 1. The zero-order valence-electron chi connectivity index (χ0n) is 18.6. The van der Waals surface area contributed by atoms with E-state index in [1.807, 2.05) is 0 Å². The SMILES string of the molecule is CC(C)(C)OC(=O)C(N)CC(=O)N1C(=O)CN(N=Cc2ccc(-c3ccc(Cl)c(Cl)c3)o2)C1=O. The Morgan fingerprint density at radius 3 is 2.56 bits per heavy atom. The first kappa shape index (κ1) is 25.4. The minimum atomic E-state index is -1.33. The molecule has 34 heavy (non-hydrogen) atoms. The van der Waals surface area contributed by atoms with Gasteiger partial charge in [-0.1, -0.05) is 23.2 Å². The molecule has 2 aromatic rings. The molecule has 180 valence electrons. The predicted molar refractivity (Wildman–Crippen MR) is 124 cm³/mol. The highest BCUT2D eigenvalue weighted by molar-refractivity contribution is 6.42. The van der Waals surface area contributed by atoms with Gasteiger partial charge in [0.1, 0.15) is 29.7 Å². The molecule has 2 heterocycles. The minimum absolute atomic E-state index is 0.290. The van der Waals surface area contributed by atoms with E-state index in [1.54, 1.807) is 51.1 Å². The lowest BCUT2D eigenvalue weighted by Crippen LogP contribution is -2.44. The van der Waals surface area contributed by atoms with Gasteiger partial charge in [0.25, 0.3) is 5.91 Å². The van der Waals surface area contributed by atoms with Crippen LogP contribution in [0.25, 0.3) is 11.3 Å². The van der Waals surface area contributed by atoms with Gasteiger partial charge in [0.2, 0.25) is 5.91 Å². The Labute approximate surface area is 205 Å². The van der Waals surface area contributed by atoms with Gasteiger partial charge in [0, 0.05) is 5.56 Å². The van der Waals surface area contributed by atoms with E-state index in [1.165, 1.54) is 6.21 Å². The first-order chi connectivity index (χ1) is 15.9. The molecule has 2 N–H and O–H groups in total. The minimum Gasteiger partial charge on any atom is -0.459 e. The third kappa shape index (κ3) is 6.02. The molecule has 0 aliphatic carbocycles. The van der Waals surface area contributed by atoms with Crippen molar-refractivity contribution in [1.29, 1.82) is 0 Å². The number of imide groups is 3. The number of nitrogens with zero attached hydrogens (tertiary/aromatic N) is 3. The fourth-order valence-corrected chi connectivity index (χ4v) is 3.22. The lowest BCUT2D eigenvalue weighted by atomic mass is 10.1. The highest BCUT2D eigenvalue weighted by atomic mass is 35.5. The monoisotopic (exact) mass is 508 g/mol. The van der Waals surface area contributed by atoms with Crippen molar-refractivity contribution in [2.24, 2.45) is 10.8 Å². The van der Waals surface area contributed by atoms with Crippen molar-refractivity contribution in [3.05, 3.63) is 46.1 Å². The van der Waals surface area contributed by atoms with E-state index in [2.05, 4.69) is 5.10 Å². The number of rotatable bonds is 6. The molecule has 1 aliphatic rings. The molecule has 1 saturated heterocycles. The summed E-state index contributed by atoms with van der Waals surface area (Å²) in [6.07, 6.45) is 0.655. The van der Waals surface area contributed by atoms with E-state index >= 15 is 0 Å². The number of benzene rings is 1. The number of furan rings is 1. The second kappa shape index (κ2) is 9.96. The molecule has 1 fully saturated rings. The van der Waals surface area contributed by atoms with Gasteiger partial charge in [-0.15, -0.1) is 0 Å². The van der Waals surface area contributed by atoms with Crippen LogP contribution in [0.1, 0.15) is 33.0 Å². The maximum atomic E-state index is 12.5. The number of hydrazone groups is 1. The lowest BCUT2D eigenvalue weighted by molar-refractivity contribution is -0.158. The van der Waals surface area contributed by atoms with Crippen molar-refractivity contribution >= 4 is 53.2 Å². The van der Waals surface area contributed by atoms with Crippen LogP contribution in [0.5, 0.6) is 0 Å². The van der Waals surface area contributed by atoms with Crippen molar-refractivity contribution in [1.82, 2.24) is 9.91 Å². The van der Waals surface area contributed by atoms with Crippen LogP contribution in [0.15, 0.2) is 39.9 Å². The van der Waals surface area contributed by atoms with Gasteiger partial charge >= 0.3 is 12.0 Å². The Morgan fingerprint density at radius 1 is 1.21 bits per heavy atom. The molecule has 0 saturated carbocycles. The molecule has 1 aromatic carbocycles. The van der Waals surface area contributed by atoms with Crippen LogP contribution in [0, 0.1) is 0 Å². The number of amides is 4. The maximum absolute atomic E-state index is 12.5. The molecular weight excluding hydrogens is 487 g/mol. The molecule has 1 aromatic heterocycles. The fourth-order valence-electron chi connectivity index (χ4n) is 2.92. The molecule has 0 bridgehead atoms.